The first-order valence-electron chi connectivity index (χ1n) is 9.58. The number of amides is 1. The largest absolute Gasteiger partial charge is 0.389 e. The van der Waals surface area contributed by atoms with E-state index in [4.69, 9.17) is 4.84 Å². The van der Waals surface area contributed by atoms with Crippen molar-refractivity contribution < 1.29 is 23.8 Å². The number of aliphatic hydroxyl groups excluding tert-OH is 1. The SMILES string of the molecule is O=C(c1ccc([N+]2=CC(c3cc4cc(F)ccc4[nH]c3=O)N=N2)cc1)N1C[C@@H](O)CO1. The highest BCUT2D eigenvalue weighted by Crippen LogP contribution is 2.25. The molecule has 3 aromatic rings. The highest BCUT2D eigenvalue weighted by atomic mass is 19.1. The second kappa shape index (κ2) is 7.49. The third-order valence-electron chi connectivity index (χ3n) is 5.11. The molecule has 1 saturated heterocycles. The Kier molecular flexibility index (Phi) is 4.64. The summed E-state index contributed by atoms with van der Waals surface area (Å²) < 4.78 is 15.0. The zero-order chi connectivity index (χ0) is 21.5. The maximum absolute atomic E-state index is 13.5. The number of β-amino-alcohol motifs (C(OH)–C–C–N with tert-alkyl or cyclic N) is 1. The Bertz CT molecular complexity index is 1300. The zero-order valence-electron chi connectivity index (χ0n) is 16.1. The van der Waals surface area contributed by atoms with Gasteiger partial charge in [-0.25, -0.2) is 9.45 Å². The van der Waals surface area contributed by atoms with E-state index in [9.17, 15) is 19.1 Å². The smallest absolute Gasteiger partial charge is 0.277 e. The van der Waals surface area contributed by atoms with Crippen molar-refractivity contribution in [2.24, 2.45) is 10.3 Å². The van der Waals surface area contributed by atoms with Gasteiger partial charge in [-0.3, -0.25) is 14.4 Å². The van der Waals surface area contributed by atoms with E-state index in [-0.39, 0.29) is 24.6 Å². The minimum absolute atomic E-state index is 0.0921. The molecule has 31 heavy (non-hydrogen) atoms. The average Bonchev–Trinajstić information content (AvgIpc) is 3.43. The normalized spacial score (nSPS) is 20.5. The number of rotatable bonds is 3. The summed E-state index contributed by atoms with van der Waals surface area (Å²) in [5, 5.41) is 19.4. The van der Waals surface area contributed by atoms with Crippen LogP contribution in [0.5, 0.6) is 0 Å². The number of aromatic amines is 1. The van der Waals surface area contributed by atoms with E-state index in [2.05, 4.69) is 15.3 Å². The Labute approximate surface area is 174 Å². The number of fused-ring (bicyclic) bond motifs is 1. The van der Waals surface area contributed by atoms with Crippen LogP contribution < -0.4 is 5.56 Å². The third kappa shape index (κ3) is 3.62. The van der Waals surface area contributed by atoms with Gasteiger partial charge in [-0.2, -0.15) is 0 Å². The lowest BCUT2D eigenvalue weighted by atomic mass is 10.1. The van der Waals surface area contributed by atoms with Crippen molar-refractivity contribution in [3.05, 3.63) is 75.8 Å². The molecule has 2 aliphatic heterocycles. The van der Waals surface area contributed by atoms with Gasteiger partial charge in [-0.05, 0) is 48.5 Å². The molecule has 2 aliphatic rings. The predicted molar refractivity (Wildman–Crippen MR) is 108 cm³/mol. The van der Waals surface area contributed by atoms with E-state index < -0.39 is 18.0 Å². The van der Waals surface area contributed by atoms with Crippen LogP contribution in [0.1, 0.15) is 22.0 Å². The van der Waals surface area contributed by atoms with Crippen LogP contribution in [0.2, 0.25) is 0 Å². The molecule has 156 valence electrons. The van der Waals surface area contributed by atoms with Gasteiger partial charge in [-0.15, -0.1) is 4.68 Å². The molecule has 2 aromatic carbocycles. The predicted octanol–water partition coefficient (Wildman–Crippen LogP) is 2.25. The van der Waals surface area contributed by atoms with Crippen molar-refractivity contribution in [3.63, 3.8) is 0 Å². The van der Waals surface area contributed by atoms with Gasteiger partial charge in [0.1, 0.15) is 23.8 Å². The van der Waals surface area contributed by atoms with Crippen LogP contribution in [0.15, 0.2) is 63.7 Å². The first-order valence-corrected chi connectivity index (χ1v) is 9.58. The van der Waals surface area contributed by atoms with Gasteiger partial charge in [0.25, 0.3) is 17.5 Å². The van der Waals surface area contributed by atoms with E-state index in [1.165, 1.54) is 22.9 Å². The summed E-state index contributed by atoms with van der Waals surface area (Å²) in [4.78, 5) is 32.7. The summed E-state index contributed by atoms with van der Waals surface area (Å²) in [5.41, 5.74) is 1.61. The Morgan fingerprint density at radius 1 is 1.23 bits per heavy atom. The van der Waals surface area contributed by atoms with Crippen molar-refractivity contribution in [3.8, 4) is 0 Å². The summed E-state index contributed by atoms with van der Waals surface area (Å²) in [7, 11) is 0. The van der Waals surface area contributed by atoms with Gasteiger partial charge in [0.05, 0.1) is 12.1 Å². The van der Waals surface area contributed by atoms with Gasteiger partial charge in [-0.1, -0.05) is 0 Å². The molecule has 0 saturated carbocycles. The van der Waals surface area contributed by atoms with Crippen LogP contribution >= 0.6 is 0 Å². The number of hydrogen-bond acceptors (Lipinski definition) is 6. The summed E-state index contributed by atoms with van der Waals surface area (Å²) in [5.74, 6) is -0.740. The van der Waals surface area contributed by atoms with E-state index in [1.807, 2.05) is 0 Å². The van der Waals surface area contributed by atoms with Gasteiger partial charge >= 0.3 is 0 Å². The third-order valence-corrected chi connectivity index (χ3v) is 5.11. The van der Waals surface area contributed by atoms with Crippen molar-refractivity contribution in [1.82, 2.24) is 10.0 Å². The molecule has 1 unspecified atom stereocenters. The number of H-pyrrole nitrogens is 1. The fourth-order valence-electron chi connectivity index (χ4n) is 3.51. The number of benzene rings is 2. The molecule has 1 aromatic heterocycles. The monoisotopic (exact) mass is 422 g/mol. The highest BCUT2D eigenvalue weighted by Gasteiger charge is 2.29. The number of aromatic nitrogens is 1. The second-order valence-corrected chi connectivity index (χ2v) is 7.29. The first kappa shape index (κ1) is 19.2. The van der Waals surface area contributed by atoms with Crippen molar-refractivity contribution in [2.75, 3.05) is 13.2 Å². The average molecular weight is 422 g/mol. The quantitative estimate of drug-likeness (QED) is 0.631. The molecular weight excluding hydrogens is 405 g/mol. The molecule has 0 aliphatic carbocycles. The van der Waals surface area contributed by atoms with Crippen molar-refractivity contribution in [2.45, 2.75) is 12.1 Å². The van der Waals surface area contributed by atoms with E-state index in [1.54, 1.807) is 36.5 Å². The number of nitrogens with one attached hydrogen (secondary N) is 1. The molecule has 0 bridgehead atoms. The number of nitrogens with zero attached hydrogens (tertiary/aromatic N) is 4. The fourth-order valence-corrected chi connectivity index (χ4v) is 3.51. The lowest BCUT2D eigenvalue weighted by molar-refractivity contribution is -0.444. The topological polar surface area (TPSA) is 110 Å². The van der Waals surface area contributed by atoms with Crippen LogP contribution in [0, 0.1) is 5.82 Å². The highest BCUT2D eigenvalue weighted by molar-refractivity contribution is 5.93. The number of carbonyl (C=O) groups excluding carboxylic acids is 1. The molecule has 10 heteroatoms. The summed E-state index contributed by atoms with van der Waals surface area (Å²) in [6.07, 6.45) is 0.974. The van der Waals surface area contributed by atoms with Crippen LogP contribution in [-0.2, 0) is 4.84 Å². The number of hydrogen-bond donors (Lipinski definition) is 2. The maximum Gasteiger partial charge on any atom is 0.277 e. The summed E-state index contributed by atoms with van der Waals surface area (Å²) in [6, 6.07) is 11.7. The minimum atomic E-state index is -0.686. The lowest BCUT2D eigenvalue weighted by Crippen LogP contribution is -2.28. The van der Waals surface area contributed by atoms with E-state index in [0.29, 0.717) is 27.7 Å². The Balaban J connectivity index is 1.39. The van der Waals surface area contributed by atoms with Crippen molar-refractivity contribution >= 4 is 28.7 Å². The second-order valence-electron chi connectivity index (χ2n) is 7.29. The van der Waals surface area contributed by atoms with Crippen LogP contribution in [0.25, 0.3) is 10.9 Å². The van der Waals surface area contributed by atoms with Gasteiger partial charge in [0.2, 0.25) is 0 Å². The fraction of sp³-hybridized carbons (Fsp3) is 0.190. The maximum atomic E-state index is 13.5. The first-order chi connectivity index (χ1) is 15.0. The molecule has 2 N–H and O–H groups in total. The summed E-state index contributed by atoms with van der Waals surface area (Å²) in [6.45, 7) is 0.218. The van der Waals surface area contributed by atoms with E-state index >= 15 is 0 Å². The Morgan fingerprint density at radius 3 is 2.77 bits per heavy atom. The summed E-state index contributed by atoms with van der Waals surface area (Å²) >= 11 is 0. The Hall–Kier alpha value is -3.76. The number of halogens is 1. The van der Waals surface area contributed by atoms with Gasteiger partial charge < -0.3 is 10.1 Å². The number of aliphatic hydroxyl groups is 1. The molecule has 3 heterocycles. The number of hydroxylamine groups is 2. The number of pyridine rings is 1. The molecule has 5 rings (SSSR count). The molecule has 9 nitrogen and oxygen atoms in total. The van der Waals surface area contributed by atoms with Crippen LogP contribution in [0.3, 0.4) is 0 Å². The molecule has 0 spiro atoms. The lowest BCUT2D eigenvalue weighted by Gasteiger charge is -2.13. The van der Waals surface area contributed by atoms with Gasteiger partial charge in [0.15, 0.2) is 11.9 Å². The van der Waals surface area contributed by atoms with Crippen LogP contribution in [0.4, 0.5) is 10.1 Å². The molecule has 1 amide bonds. The van der Waals surface area contributed by atoms with Gasteiger partial charge in [0, 0.05) is 21.6 Å². The molecule has 0 radical (unpaired) electrons. The molecule has 2 atom stereocenters. The standard InChI is InChI=1S/C21H16FN5O4/c22-14-3-6-18-13(7-14)8-17(20(29)23-18)19-10-26(25-24-19)15-4-1-12(2-5-15)21(30)27-9-16(28)11-31-27/h1-8,10,16,19,28H,9,11H2/p+1/t16-,19?/m1/s1. The number of carbonyl (C=O) groups is 1. The van der Waals surface area contributed by atoms with Crippen molar-refractivity contribution in [1.29, 1.82) is 0 Å². The minimum Gasteiger partial charge on any atom is -0.389 e. The Morgan fingerprint density at radius 2 is 2.03 bits per heavy atom. The van der Waals surface area contributed by atoms with E-state index in [0.717, 1.165) is 5.06 Å². The van der Waals surface area contributed by atoms with Crippen LogP contribution in [-0.4, -0.2) is 51.2 Å². The molecular formula is C21H17FN5O4+. The zero-order valence-corrected chi connectivity index (χ0v) is 16.1. The molecule has 1 fully saturated rings.